The molecule has 84 valence electrons. The predicted molar refractivity (Wildman–Crippen MR) is 66.4 cm³/mol. The van der Waals surface area contributed by atoms with E-state index in [1.54, 1.807) is 11.3 Å². The molecule has 2 N–H and O–H groups in total. The molecule has 4 nitrogen and oxygen atoms in total. The third kappa shape index (κ3) is 1.60. The van der Waals surface area contributed by atoms with Crippen LogP contribution in [0.15, 0.2) is 35.8 Å². The molecule has 0 amide bonds. The van der Waals surface area contributed by atoms with Gasteiger partial charge >= 0.3 is 5.97 Å². The second-order valence-electron chi connectivity index (χ2n) is 3.59. The minimum Gasteiger partial charge on any atom is -0.478 e. The number of fused-ring (bicyclic) bond motifs is 1. The Morgan fingerprint density at radius 3 is 3.00 bits per heavy atom. The summed E-state index contributed by atoms with van der Waals surface area (Å²) in [5.41, 5.74) is 1.78. The van der Waals surface area contributed by atoms with Gasteiger partial charge in [-0.05, 0) is 23.6 Å². The minimum atomic E-state index is -0.936. The van der Waals surface area contributed by atoms with Crippen molar-refractivity contribution in [3.8, 4) is 10.6 Å². The van der Waals surface area contributed by atoms with Crippen molar-refractivity contribution in [2.24, 2.45) is 0 Å². The molecular formula is C12H8N2O2S. The van der Waals surface area contributed by atoms with Crippen molar-refractivity contribution in [1.29, 1.82) is 0 Å². The van der Waals surface area contributed by atoms with Gasteiger partial charge in [-0.3, -0.25) is 0 Å². The first kappa shape index (κ1) is 10.0. The third-order valence-electron chi connectivity index (χ3n) is 2.55. The van der Waals surface area contributed by atoms with Crippen LogP contribution in [-0.4, -0.2) is 21.0 Å². The quantitative estimate of drug-likeness (QED) is 0.728. The topological polar surface area (TPSA) is 66.0 Å². The van der Waals surface area contributed by atoms with E-state index in [9.17, 15) is 4.79 Å². The van der Waals surface area contributed by atoms with Crippen LogP contribution in [0.3, 0.4) is 0 Å². The smallest absolute Gasteiger partial charge is 0.336 e. The molecule has 0 radical (unpaired) electrons. The summed E-state index contributed by atoms with van der Waals surface area (Å²) in [6.45, 7) is 0. The molecule has 3 heterocycles. The molecular weight excluding hydrogens is 236 g/mol. The number of hydrogen-bond acceptors (Lipinski definition) is 3. The Hall–Kier alpha value is -2.14. The van der Waals surface area contributed by atoms with Crippen molar-refractivity contribution >= 4 is 28.3 Å². The Balaban J connectivity index is 2.26. The van der Waals surface area contributed by atoms with E-state index in [1.807, 2.05) is 23.6 Å². The van der Waals surface area contributed by atoms with Gasteiger partial charge in [-0.15, -0.1) is 11.3 Å². The predicted octanol–water partition coefficient (Wildman–Crippen LogP) is 2.99. The highest BCUT2D eigenvalue weighted by Crippen LogP contribution is 2.28. The van der Waals surface area contributed by atoms with Gasteiger partial charge in [0.25, 0.3) is 0 Å². The summed E-state index contributed by atoms with van der Waals surface area (Å²) in [5.74, 6) is -0.936. The maximum atomic E-state index is 11.1. The van der Waals surface area contributed by atoms with Crippen LogP contribution in [-0.2, 0) is 0 Å². The van der Waals surface area contributed by atoms with Gasteiger partial charge in [0, 0.05) is 11.6 Å². The minimum absolute atomic E-state index is 0.272. The maximum absolute atomic E-state index is 11.1. The molecule has 0 unspecified atom stereocenters. The molecule has 0 aromatic carbocycles. The van der Waals surface area contributed by atoms with Gasteiger partial charge in [0.15, 0.2) is 0 Å². The van der Waals surface area contributed by atoms with E-state index in [1.165, 1.54) is 12.3 Å². The molecule has 0 aliphatic carbocycles. The lowest BCUT2D eigenvalue weighted by atomic mass is 10.2. The van der Waals surface area contributed by atoms with Crippen molar-refractivity contribution in [3.63, 3.8) is 0 Å². The average molecular weight is 244 g/mol. The lowest BCUT2D eigenvalue weighted by molar-refractivity contribution is 0.0699. The van der Waals surface area contributed by atoms with E-state index < -0.39 is 5.97 Å². The number of carboxylic acid groups (broad SMARTS) is 1. The number of H-pyrrole nitrogens is 1. The van der Waals surface area contributed by atoms with E-state index in [4.69, 9.17) is 5.11 Å². The lowest BCUT2D eigenvalue weighted by Gasteiger charge is -1.94. The van der Waals surface area contributed by atoms with E-state index >= 15 is 0 Å². The molecule has 0 saturated carbocycles. The Morgan fingerprint density at radius 1 is 1.41 bits per heavy atom. The zero-order valence-corrected chi connectivity index (χ0v) is 9.49. The molecule has 3 aromatic heterocycles. The highest BCUT2D eigenvalue weighted by atomic mass is 32.1. The van der Waals surface area contributed by atoms with Crippen LogP contribution < -0.4 is 0 Å². The van der Waals surface area contributed by atoms with Gasteiger partial charge < -0.3 is 10.1 Å². The lowest BCUT2D eigenvalue weighted by Crippen LogP contribution is -1.96. The van der Waals surface area contributed by atoms with Gasteiger partial charge in [-0.2, -0.15) is 0 Å². The molecule has 3 rings (SSSR count). The fourth-order valence-corrected chi connectivity index (χ4v) is 2.48. The number of thiophene rings is 1. The Labute approximate surface area is 101 Å². The summed E-state index contributed by atoms with van der Waals surface area (Å²) in [6, 6.07) is 7.28. The van der Waals surface area contributed by atoms with Crippen molar-refractivity contribution < 1.29 is 9.90 Å². The Bertz CT molecular complexity index is 686. The fourth-order valence-electron chi connectivity index (χ4n) is 1.78. The highest BCUT2D eigenvalue weighted by molar-refractivity contribution is 7.13. The summed E-state index contributed by atoms with van der Waals surface area (Å²) in [4.78, 5) is 19.4. The number of nitrogens with one attached hydrogen (secondary N) is 1. The van der Waals surface area contributed by atoms with E-state index in [2.05, 4.69) is 9.97 Å². The molecule has 17 heavy (non-hydrogen) atoms. The molecule has 3 aromatic rings. The van der Waals surface area contributed by atoms with Crippen LogP contribution in [0.2, 0.25) is 0 Å². The first-order valence-corrected chi connectivity index (χ1v) is 5.88. The number of rotatable bonds is 2. The summed E-state index contributed by atoms with van der Waals surface area (Å²) in [6.07, 6.45) is 1.50. The normalized spacial score (nSPS) is 10.8. The molecule has 0 aliphatic heterocycles. The van der Waals surface area contributed by atoms with Crippen LogP contribution in [0, 0.1) is 0 Å². The van der Waals surface area contributed by atoms with Crippen molar-refractivity contribution in [2.75, 3.05) is 0 Å². The third-order valence-corrected chi connectivity index (χ3v) is 3.45. The molecule has 0 fully saturated rings. The number of aromatic amines is 1. The summed E-state index contributed by atoms with van der Waals surface area (Å²) < 4.78 is 0. The van der Waals surface area contributed by atoms with Crippen LogP contribution in [0.25, 0.3) is 21.6 Å². The van der Waals surface area contributed by atoms with Gasteiger partial charge in [-0.25, -0.2) is 9.78 Å². The summed E-state index contributed by atoms with van der Waals surface area (Å²) >= 11 is 1.60. The Morgan fingerprint density at radius 2 is 2.29 bits per heavy atom. The van der Waals surface area contributed by atoms with Crippen LogP contribution in [0.5, 0.6) is 0 Å². The number of aromatic carboxylic acids is 1. The maximum Gasteiger partial charge on any atom is 0.336 e. The van der Waals surface area contributed by atoms with Crippen molar-refractivity contribution in [3.05, 3.63) is 41.4 Å². The van der Waals surface area contributed by atoms with E-state index in [-0.39, 0.29) is 5.56 Å². The zero-order valence-electron chi connectivity index (χ0n) is 8.68. The summed E-state index contributed by atoms with van der Waals surface area (Å²) in [7, 11) is 0. The molecule has 0 saturated heterocycles. The number of carbonyl (C=O) groups is 1. The number of aromatic nitrogens is 2. The monoisotopic (exact) mass is 244 g/mol. The molecule has 0 spiro atoms. The van der Waals surface area contributed by atoms with E-state index in [0.717, 1.165) is 10.6 Å². The first-order valence-electron chi connectivity index (χ1n) is 5.00. The standard InChI is InChI=1S/C12H8N2O2S/c15-12(16)7-3-4-13-11-8(7)6-9(14-11)10-2-1-5-17-10/h1-6H,(H,13,14)(H,15,16). The number of pyridine rings is 1. The van der Waals surface area contributed by atoms with Crippen molar-refractivity contribution in [1.82, 2.24) is 9.97 Å². The highest BCUT2D eigenvalue weighted by Gasteiger charge is 2.12. The molecule has 5 heteroatoms. The molecule has 0 aliphatic rings. The molecule has 0 atom stereocenters. The van der Waals surface area contributed by atoms with Crippen LogP contribution >= 0.6 is 11.3 Å². The fraction of sp³-hybridized carbons (Fsp3) is 0. The van der Waals surface area contributed by atoms with Crippen molar-refractivity contribution in [2.45, 2.75) is 0 Å². The van der Waals surface area contributed by atoms with Gasteiger partial charge in [0.2, 0.25) is 0 Å². The first-order chi connectivity index (χ1) is 8.25. The number of nitrogens with zero attached hydrogens (tertiary/aromatic N) is 1. The van der Waals surface area contributed by atoms with Gasteiger partial charge in [0.1, 0.15) is 5.65 Å². The largest absolute Gasteiger partial charge is 0.478 e. The second kappa shape index (κ2) is 3.71. The van der Waals surface area contributed by atoms with Gasteiger partial charge in [-0.1, -0.05) is 6.07 Å². The Kier molecular flexibility index (Phi) is 2.19. The second-order valence-corrected chi connectivity index (χ2v) is 4.53. The SMILES string of the molecule is O=C(O)c1ccnc2[nH]c(-c3cccs3)cc12. The number of hydrogen-bond donors (Lipinski definition) is 2. The number of carboxylic acids is 1. The summed E-state index contributed by atoms with van der Waals surface area (Å²) in [5, 5.41) is 11.7. The zero-order chi connectivity index (χ0) is 11.8. The van der Waals surface area contributed by atoms with E-state index in [0.29, 0.717) is 11.0 Å². The van der Waals surface area contributed by atoms with Crippen LogP contribution in [0.4, 0.5) is 0 Å². The van der Waals surface area contributed by atoms with Gasteiger partial charge in [0.05, 0.1) is 16.1 Å². The average Bonchev–Trinajstić information content (AvgIpc) is 2.96. The molecule has 0 bridgehead atoms. The van der Waals surface area contributed by atoms with Crippen LogP contribution in [0.1, 0.15) is 10.4 Å².